The summed E-state index contributed by atoms with van der Waals surface area (Å²) in [5, 5.41) is 20.6. The quantitative estimate of drug-likeness (QED) is 0.253. The Morgan fingerprint density at radius 3 is 2.17 bits per heavy atom. The van der Waals surface area contributed by atoms with Crippen LogP contribution in [0.1, 0.15) is 14.3 Å². The van der Waals surface area contributed by atoms with Crippen molar-refractivity contribution < 1.29 is 60.4 Å². The first kappa shape index (κ1) is 19.2. The smallest absolute Gasteiger partial charge is 1.00 e. The molecule has 1 aliphatic rings. The van der Waals surface area contributed by atoms with Gasteiger partial charge >= 0.3 is 47.5 Å². The van der Waals surface area contributed by atoms with Crippen LogP contribution in [0.15, 0.2) is 0 Å². The number of rotatable bonds is 4. The van der Waals surface area contributed by atoms with Crippen LogP contribution in [0.4, 0.5) is 4.79 Å². The van der Waals surface area contributed by atoms with E-state index in [1.54, 1.807) is 0 Å². The van der Waals surface area contributed by atoms with E-state index in [4.69, 9.17) is 15.9 Å². The molecule has 9 nitrogen and oxygen atoms in total. The molecule has 1 saturated heterocycles. The maximum absolute atomic E-state index is 10.1. The normalized spacial score (nSPS) is 14.3. The second-order valence-electron chi connectivity index (χ2n) is 3.11. The molecule has 6 N–H and O–H groups in total. The minimum Gasteiger partial charge on any atom is -1.00 e. The molecule has 1 heterocycles. The first-order valence-corrected chi connectivity index (χ1v) is 4.60. The summed E-state index contributed by atoms with van der Waals surface area (Å²) in [4.78, 5) is 39.9. The molecule has 0 aromatic heterocycles. The van der Waals surface area contributed by atoms with Crippen LogP contribution in [-0.4, -0.2) is 46.7 Å². The fourth-order valence-electron chi connectivity index (χ4n) is 0.778. The van der Waals surface area contributed by atoms with Gasteiger partial charge in [-0.05, 0) is 6.42 Å². The average Bonchev–Trinajstić information content (AvgIpc) is 2.59. The van der Waals surface area contributed by atoms with E-state index in [0.717, 1.165) is 0 Å². The van der Waals surface area contributed by atoms with Crippen LogP contribution >= 0.6 is 0 Å². The molecule has 0 unspecified atom stereocenters. The van der Waals surface area contributed by atoms with Crippen molar-refractivity contribution in [2.24, 2.45) is 5.73 Å². The molecule has 0 aromatic rings. The maximum atomic E-state index is 10.1. The molecule has 0 saturated carbocycles. The molecule has 98 valence electrons. The Morgan fingerprint density at radius 1 is 1.39 bits per heavy atom. The molecule has 3 amide bonds. The molecular formula is C8H14N3NaO6. The van der Waals surface area contributed by atoms with Crippen molar-refractivity contribution >= 4 is 23.9 Å². The Balaban J connectivity index is -0.000000253. The number of imide groups is 1. The van der Waals surface area contributed by atoms with Crippen LogP contribution in [0.25, 0.3) is 0 Å². The Hall–Kier alpha value is -1.16. The molecule has 0 radical (unpaired) electrons. The van der Waals surface area contributed by atoms with E-state index in [2.05, 4.69) is 5.32 Å². The van der Waals surface area contributed by atoms with Crippen LogP contribution in [0.5, 0.6) is 0 Å². The third-order valence-electron chi connectivity index (χ3n) is 1.65. The summed E-state index contributed by atoms with van der Waals surface area (Å²) in [7, 11) is 0. The van der Waals surface area contributed by atoms with Crippen LogP contribution in [0.2, 0.25) is 0 Å². The van der Waals surface area contributed by atoms with E-state index < -0.39 is 24.0 Å². The van der Waals surface area contributed by atoms with Crippen molar-refractivity contribution in [2.75, 3.05) is 6.54 Å². The van der Waals surface area contributed by atoms with E-state index in [0.29, 0.717) is 0 Å². The molecule has 0 bridgehead atoms. The summed E-state index contributed by atoms with van der Waals surface area (Å²) >= 11 is 0. The van der Waals surface area contributed by atoms with Gasteiger partial charge in [-0.25, -0.2) is 4.79 Å². The number of aliphatic carboxylic acids is 2. The van der Waals surface area contributed by atoms with Crippen LogP contribution in [-0.2, 0) is 14.4 Å². The largest absolute Gasteiger partial charge is 1.00 e. The number of carboxylic acids is 2. The third-order valence-corrected chi connectivity index (χ3v) is 1.65. The zero-order chi connectivity index (χ0) is 13.4. The molecule has 0 aromatic carbocycles. The van der Waals surface area contributed by atoms with Gasteiger partial charge in [-0.1, -0.05) is 0 Å². The van der Waals surface area contributed by atoms with Crippen molar-refractivity contribution in [3.05, 3.63) is 0 Å². The van der Waals surface area contributed by atoms with Gasteiger partial charge in [0.15, 0.2) is 0 Å². The summed E-state index contributed by atoms with van der Waals surface area (Å²) in [6, 6.07) is -1.46. The van der Waals surface area contributed by atoms with Gasteiger partial charge in [0.2, 0.25) is 5.91 Å². The Morgan fingerprint density at radius 2 is 1.94 bits per heavy atom. The van der Waals surface area contributed by atoms with Gasteiger partial charge in [-0.3, -0.25) is 19.7 Å². The molecule has 18 heavy (non-hydrogen) atoms. The van der Waals surface area contributed by atoms with Gasteiger partial charge in [0, 0.05) is 6.42 Å². The molecule has 1 fully saturated rings. The molecule has 10 heteroatoms. The minimum atomic E-state index is -1.17. The first-order chi connectivity index (χ1) is 7.82. The molecule has 0 spiro atoms. The predicted molar refractivity (Wildman–Crippen MR) is 55.1 cm³/mol. The van der Waals surface area contributed by atoms with Crippen LogP contribution in [0.3, 0.4) is 0 Å². The average molecular weight is 271 g/mol. The van der Waals surface area contributed by atoms with E-state index in [1.807, 2.05) is 5.32 Å². The summed E-state index contributed by atoms with van der Waals surface area (Å²) in [5.74, 6) is -2.46. The maximum Gasteiger partial charge on any atom is 1.00 e. The Labute approximate surface area is 126 Å². The first-order valence-electron chi connectivity index (χ1n) is 4.60. The Bertz CT molecular complexity index is 326. The van der Waals surface area contributed by atoms with Crippen molar-refractivity contribution in [1.29, 1.82) is 0 Å². The minimum absolute atomic E-state index is 0. The number of carboxylic acid groups (broad SMARTS) is 2. The van der Waals surface area contributed by atoms with Crippen molar-refractivity contribution in [3.8, 4) is 0 Å². The number of hydrogen-bond acceptors (Lipinski definition) is 5. The molecule has 1 atom stereocenters. The fraction of sp³-hybridized carbons (Fsp3) is 0.500. The van der Waals surface area contributed by atoms with Gasteiger partial charge in [0.1, 0.15) is 6.04 Å². The van der Waals surface area contributed by atoms with Crippen molar-refractivity contribution in [1.82, 2.24) is 10.6 Å². The SMILES string of the molecule is N[C@@H](CCC(=O)O)C(=O)O.O=C1CNC(=O)N1.[H-].[Na+]. The second kappa shape index (κ2) is 9.83. The van der Waals surface area contributed by atoms with Gasteiger partial charge in [-0.2, -0.15) is 0 Å². The van der Waals surface area contributed by atoms with E-state index >= 15 is 0 Å². The fourth-order valence-corrected chi connectivity index (χ4v) is 0.778. The number of urea groups is 1. The Kier molecular flexibility index (Phi) is 10.5. The number of carbonyl (C=O) groups excluding carboxylic acids is 2. The summed E-state index contributed by atoms with van der Waals surface area (Å²) in [6.45, 7) is 0.124. The summed E-state index contributed by atoms with van der Waals surface area (Å²) in [6.07, 6.45) is -0.224. The zero-order valence-electron chi connectivity index (χ0n) is 10.8. The van der Waals surface area contributed by atoms with Gasteiger partial charge < -0.3 is 22.7 Å². The van der Waals surface area contributed by atoms with E-state index in [-0.39, 0.29) is 56.3 Å². The standard InChI is InChI=1S/C5H9NO4.C3H4N2O2.Na.H/c6-3(5(9)10)1-2-4(7)8;6-2-1-4-3(7)5-2;;/h3H,1-2,6H2,(H,7,8)(H,9,10);1H2,(H2,4,5,6,7);;/q;;+1;-1/t3-;;;/m0.../s1. The van der Waals surface area contributed by atoms with Crippen LogP contribution in [0, 0.1) is 0 Å². The zero-order valence-corrected chi connectivity index (χ0v) is 11.8. The van der Waals surface area contributed by atoms with Crippen LogP contribution < -0.4 is 45.9 Å². The summed E-state index contributed by atoms with van der Waals surface area (Å²) < 4.78 is 0. The third kappa shape index (κ3) is 10.0. The van der Waals surface area contributed by atoms with E-state index in [9.17, 15) is 19.2 Å². The van der Waals surface area contributed by atoms with Crippen molar-refractivity contribution in [2.45, 2.75) is 18.9 Å². The van der Waals surface area contributed by atoms with Gasteiger partial charge in [0.05, 0.1) is 6.54 Å². The molecule has 1 aliphatic heterocycles. The predicted octanol–water partition coefficient (Wildman–Crippen LogP) is -4.79. The van der Waals surface area contributed by atoms with E-state index in [1.165, 1.54) is 0 Å². The number of nitrogens with two attached hydrogens (primary N) is 1. The number of amides is 3. The molecule has 1 rings (SSSR count). The number of hydrogen-bond donors (Lipinski definition) is 5. The van der Waals surface area contributed by atoms with Crippen molar-refractivity contribution in [3.63, 3.8) is 0 Å². The monoisotopic (exact) mass is 271 g/mol. The topological polar surface area (TPSA) is 159 Å². The second-order valence-corrected chi connectivity index (χ2v) is 3.11. The molecular weight excluding hydrogens is 257 g/mol. The van der Waals surface area contributed by atoms with Gasteiger partial charge in [0.25, 0.3) is 0 Å². The molecule has 0 aliphatic carbocycles. The summed E-state index contributed by atoms with van der Waals surface area (Å²) in [5.41, 5.74) is 5.00. The number of nitrogens with one attached hydrogen (secondary N) is 2. The van der Waals surface area contributed by atoms with Gasteiger partial charge in [-0.15, -0.1) is 0 Å². The number of carbonyl (C=O) groups is 4.